The number of hydrogen-bond donors (Lipinski definition) is 1. The minimum absolute atomic E-state index is 0.367. The Kier molecular flexibility index (Phi) is 6.23. The van der Waals surface area contributed by atoms with E-state index in [4.69, 9.17) is 27.9 Å². The zero-order valence-electron chi connectivity index (χ0n) is 18.1. The third-order valence-corrected chi connectivity index (χ3v) is 7.39. The molecule has 0 bridgehead atoms. The molecule has 0 spiro atoms. The molecule has 0 radical (unpaired) electrons. The van der Waals surface area contributed by atoms with Crippen LogP contribution in [-0.4, -0.2) is 27.2 Å². The van der Waals surface area contributed by atoms with E-state index in [0.29, 0.717) is 49.4 Å². The molecule has 3 heterocycles. The molecule has 8 heteroatoms. The van der Waals surface area contributed by atoms with E-state index in [0.717, 1.165) is 11.1 Å². The number of rotatable bonds is 6. The van der Waals surface area contributed by atoms with Crippen molar-refractivity contribution in [3.8, 4) is 5.88 Å². The molecule has 0 aliphatic heterocycles. The average Bonchev–Trinajstić information content (AvgIpc) is 3.42. The Morgan fingerprint density at radius 2 is 1.79 bits per heavy atom. The number of hydrogen-bond acceptors (Lipinski definition) is 6. The lowest BCUT2D eigenvalue weighted by molar-refractivity contribution is 0.129. The Hall–Kier alpha value is -3.03. The summed E-state index contributed by atoms with van der Waals surface area (Å²) >= 11 is 14.8. The van der Waals surface area contributed by atoms with E-state index in [1.165, 1.54) is 11.3 Å². The van der Waals surface area contributed by atoms with Gasteiger partial charge in [0.05, 0.1) is 28.0 Å². The van der Waals surface area contributed by atoms with Gasteiger partial charge in [-0.1, -0.05) is 59.6 Å². The van der Waals surface area contributed by atoms with E-state index < -0.39 is 5.60 Å². The zero-order chi connectivity index (χ0) is 23.7. The standard InChI is InChI=1S/C26H19Cl2N3O2S/c1-33-23-10-8-18(13-30-23)26(32,22-14-29-15-34-22)17-7-9-21-19(12-17)24(27)20(25(28)31-21)11-16-5-3-2-4-6-16/h2-10,12-15,32H,11H2,1H3. The third kappa shape index (κ3) is 4.03. The van der Waals surface area contributed by atoms with Crippen molar-refractivity contribution in [3.63, 3.8) is 0 Å². The fraction of sp³-hybridized carbons (Fsp3) is 0.115. The number of benzene rings is 2. The molecule has 0 aliphatic rings. The molecule has 0 fully saturated rings. The summed E-state index contributed by atoms with van der Waals surface area (Å²) in [6.07, 6.45) is 3.81. The Balaban J connectivity index is 1.68. The van der Waals surface area contributed by atoms with Crippen LogP contribution in [0.1, 0.15) is 27.1 Å². The molecule has 0 aliphatic carbocycles. The fourth-order valence-corrected chi connectivity index (χ4v) is 5.34. The van der Waals surface area contributed by atoms with Crippen molar-refractivity contribution in [3.05, 3.63) is 116 Å². The smallest absolute Gasteiger partial charge is 0.212 e. The molecule has 1 atom stereocenters. The lowest BCUT2D eigenvalue weighted by Crippen LogP contribution is -2.28. The summed E-state index contributed by atoms with van der Waals surface area (Å²) in [5, 5.41) is 13.7. The Labute approximate surface area is 210 Å². The summed E-state index contributed by atoms with van der Waals surface area (Å²) in [5.74, 6) is 0.460. The van der Waals surface area contributed by atoms with Crippen LogP contribution < -0.4 is 4.74 Å². The van der Waals surface area contributed by atoms with E-state index in [-0.39, 0.29) is 0 Å². The van der Waals surface area contributed by atoms with Gasteiger partial charge in [0.1, 0.15) is 5.15 Å². The highest BCUT2D eigenvalue weighted by molar-refractivity contribution is 7.09. The highest BCUT2D eigenvalue weighted by Crippen LogP contribution is 2.41. The highest BCUT2D eigenvalue weighted by atomic mass is 35.5. The van der Waals surface area contributed by atoms with Gasteiger partial charge in [0.25, 0.3) is 0 Å². The van der Waals surface area contributed by atoms with E-state index in [1.807, 2.05) is 48.5 Å². The second-order valence-electron chi connectivity index (χ2n) is 7.75. The predicted molar refractivity (Wildman–Crippen MR) is 136 cm³/mol. The molecule has 5 rings (SSSR count). The first-order valence-electron chi connectivity index (χ1n) is 10.4. The SMILES string of the molecule is COc1ccc(C(O)(c2ccc3nc(Cl)c(Cc4ccccc4)c(Cl)c3c2)c2cncs2)cn1. The summed E-state index contributed by atoms with van der Waals surface area (Å²) in [6, 6.07) is 19.0. The lowest BCUT2D eigenvalue weighted by Gasteiger charge is -2.28. The minimum atomic E-state index is -1.49. The quantitative estimate of drug-likeness (QED) is 0.274. The van der Waals surface area contributed by atoms with Crippen molar-refractivity contribution in [1.82, 2.24) is 15.0 Å². The number of aliphatic hydroxyl groups is 1. The van der Waals surface area contributed by atoms with Crippen LogP contribution >= 0.6 is 34.5 Å². The van der Waals surface area contributed by atoms with Crippen LogP contribution in [0.3, 0.4) is 0 Å². The molecule has 3 aromatic heterocycles. The first-order valence-corrected chi connectivity index (χ1v) is 12.1. The molecule has 1 unspecified atom stereocenters. The van der Waals surface area contributed by atoms with Gasteiger partial charge in [-0.05, 0) is 29.3 Å². The van der Waals surface area contributed by atoms with Crippen molar-refractivity contribution >= 4 is 45.4 Å². The molecule has 0 amide bonds. The minimum Gasteiger partial charge on any atom is -0.481 e. The highest BCUT2D eigenvalue weighted by Gasteiger charge is 2.36. The number of halogens is 2. The van der Waals surface area contributed by atoms with Crippen molar-refractivity contribution in [1.29, 1.82) is 0 Å². The van der Waals surface area contributed by atoms with Crippen molar-refractivity contribution in [2.75, 3.05) is 7.11 Å². The largest absolute Gasteiger partial charge is 0.481 e. The first-order chi connectivity index (χ1) is 16.5. The Bertz CT molecular complexity index is 1450. The molecule has 1 N–H and O–H groups in total. The number of nitrogens with zero attached hydrogens (tertiary/aromatic N) is 3. The van der Waals surface area contributed by atoms with E-state index in [1.54, 1.807) is 37.1 Å². The van der Waals surface area contributed by atoms with Gasteiger partial charge in [-0.2, -0.15) is 0 Å². The molecule has 2 aromatic carbocycles. The summed E-state index contributed by atoms with van der Waals surface area (Å²) in [5.41, 5.74) is 3.87. The maximum atomic E-state index is 12.1. The molecule has 5 nitrogen and oxygen atoms in total. The van der Waals surface area contributed by atoms with E-state index >= 15 is 0 Å². The van der Waals surface area contributed by atoms with Crippen LogP contribution in [-0.2, 0) is 12.0 Å². The number of fused-ring (bicyclic) bond motifs is 1. The Morgan fingerprint density at radius 1 is 1.00 bits per heavy atom. The zero-order valence-corrected chi connectivity index (χ0v) is 20.4. The molecule has 0 saturated heterocycles. The van der Waals surface area contributed by atoms with Crippen LogP contribution in [0.5, 0.6) is 5.88 Å². The topological polar surface area (TPSA) is 68.1 Å². The van der Waals surface area contributed by atoms with Gasteiger partial charge in [-0.25, -0.2) is 9.97 Å². The van der Waals surface area contributed by atoms with Crippen molar-refractivity contribution in [2.45, 2.75) is 12.0 Å². The number of thiazole rings is 1. The number of ether oxygens (including phenoxy) is 1. The second kappa shape index (κ2) is 9.31. The number of methoxy groups -OCH3 is 1. The van der Waals surface area contributed by atoms with Gasteiger partial charge in [0.15, 0.2) is 5.60 Å². The molecular weight excluding hydrogens is 489 g/mol. The summed E-state index contributed by atoms with van der Waals surface area (Å²) in [4.78, 5) is 13.7. The molecule has 5 aromatic rings. The van der Waals surface area contributed by atoms with Gasteiger partial charge in [-0.3, -0.25) is 4.98 Å². The fourth-order valence-electron chi connectivity index (χ4n) is 3.97. The van der Waals surface area contributed by atoms with Gasteiger partial charge in [0, 0.05) is 41.4 Å². The van der Waals surface area contributed by atoms with Crippen LogP contribution in [0.4, 0.5) is 0 Å². The lowest BCUT2D eigenvalue weighted by atomic mass is 9.85. The van der Waals surface area contributed by atoms with Crippen molar-refractivity contribution in [2.24, 2.45) is 0 Å². The predicted octanol–water partition coefficient (Wildman–Crippen LogP) is 6.28. The second-order valence-corrected chi connectivity index (χ2v) is 9.38. The van der Waals surface area contributed by atoms with Crippen LogP contribution in [0.2, 0.25) is 10.2 Å². The summed E-state index contributed by atoms with van der Waals surface area (Å²) in [7, 11) is 1.55. The maximum Gasteiger partial charge on any atom is 0.212 e. The van der Waals surface area contributed by atoms with Crippen LogP contribution in [0, 0.1) is 0 Å². The van der Waals surface area contributed by atoms with Crippen LogP contribution in [0.25, 0.3) is 10.9 Å². The third-order valence-electron chi connectivity index (χ3n) is 5.76. The number of pyridine rings is 2. The van der Waals surface area contributed by atoms with E-state index in [9.17, 15) is 5.11 Å². The molecular formula is C26H19Cl2N3O2S. The normalized spacial score (nSPS) is 13.1. The van der Waals surface area contributed by atoms with Gasteiger partial charge < -0.3 is 9.84 Å². The van der Waals surface area contributed by atoms with Gasteiger partial charge in [0.2, 0.25) is 5.88 Å². The average molecular weight is 508 g/mol. The number of aromatic nitrogens is 3. The molecule has 0 saturated carbocycles. The van der Waals surface area contributed by atoms with Crippen molar-refractivity contribution < 1.29 is 9.84 Å². The molecule has 34 heavy (non-hydrogen) atoms. The maximum absolute atomic E-state index is 12.1. The molecule has 170 valence electrons. The summed E-state index contributed by atoms with van der Waals surface area (Å²) in [6.45, 7) is 0. The van der Waals surface area contributed by atoms with E-state index in [2.05, 4.69) is 15.0 Å². The van der Waals surface area contributed by atoms with Crippen LogP contribution in [0.15, 0.2) is 78.6 Å². The van der Waals surface area contributed by atoms with Gasteiger partial charge in [-0.15, -0.1) is 11.3 Å². The Morgan fingerprint density at radius 3 is 2.47 bits per heavy atom. The van der Waals surface area contributed by atoms with Gasteiger partial charge >= 0.3 is 0 Å². The monoisotopic (exact) mass is 507 g/mol. The first kappa shape index (κ1) is 22.7. The summed E-state index contributed by atoms with van der Waals surface area (Å²) < 4.78 is 5.18.